The van der Waals surface area contributed by atoms with Crippen LogP contribution in [0, 0.1) is 13.8 Å². The average Bonchev–Trinajstić information content (AvgIpc) is 2.86. The Kier molecular flexibility index (Phi) is 4.79. The lowest BCUT2D eigenvalue weighted by Gasteiger charge is -2.16. The SMILES string of the molecule is CCCNCc1coc(N(C)c2cc(C)cc(C)c2)n1. The fraction of sp³-hybridized carbons (Fsp3) is 0.438. The van der Waals surface area contributed by atoms with Gasteiger partial charge in [-0.2, -0.15) is 4.98 Å². The van der Waals surface area contributed by atoms with E-state index in [2.05, 4.69) is 49.3 Å². The van der Waals surface area contributed by atoms with Crippen molar-refractivity contribution in [2.75, 3.05) is 18.5 Å². The van der Waals surface area contributed by atoms with E-state index in [9.17, 15) is 0 Å². The predicted molar refractivity (Wildman–Crippen MR) is 82.5 cm³/mol. The molecule has 2 rings (SSSR count). The summed E-state index contributed by atoms with van der Waals surface area (Å²) < 4.78 is 5.57. The lowest BCUT2D eigenvalue weighted by molar-refractivity contribution is 0.557. The van der Waals surface area contributed by atoms with Gasteiger partial charge in [0, 0.05) is 19.3 Å². The van der Waals surface area contributed by atoms with Gasteiger partial charge < -0.3 is 9.73 Å². The smallest absolute Gasteiger partial charge is 0.301 e. The fourth-order valence-electron chi connectivity index (χ4n) is 2.18. The van der Waals surface area contributed by atoms with Crippen LogP contribution >= 0.6 is 0 Å². The maximum atomic E-state index is 5.57. The summed E-state index contributed by atoms with van der Waals surface area (Å²) in [5, 5.41) is 3.32. The highest BCUT2D eigenvalue weighted by Crippen LogP contribution is 2.24. The van der Waals surface area contributed by atoms with Gasteiger partial charge in [-0.3, -0.25) is 4.90 Å². The highest BCUT2D eigenvalue weighted by atomic mass is 16.4. The molecule has 0 saturated heterocycles. The number of rotatable bonds is 6. The van der Waals surface area contributed by atoms with Gasteiger partial charge in [0.15, 0.2) is 0 Å². The Morgan fingerprint density at radius 3 is 2.55 bits per heavy atom. The number of aromatic nitrogens is 1. The molecular formula is C16H23N3O. The van der Waals surface area contributed by atoms with Crippen LogP contribution in [0.15, 0.2) is 28.9 Å². The second kappa shape index (κ2) is 6.57. The molecule has 2 aromatic rings. The molecule has 0 bridgehead atoms. The maximum absolute atomic E-state index is 5.57. The third-order valence-electron chi connectivity index (χ3n) is 3.15. The molecule has 1 aromatic carbocycles. The molecular weight excluding hydrogens is 250 g/mol. The van der Waals surface area contributed by atoms with E-state index in [-0.39, 0.29) is 0 Å². The number of nitrogens with one attached hydrogen (secondary N) is 1. The van der Waals surface area contributed by atoms with E-state index in [1.54, 1.807) is 6.26 Å². The van der Waals surface area contributed by atoms with Gasteiger partial charge >= 0.3 is 6.01 Å². The second-order valence-electron chi connectivity index (χ2n) is 5.20. The fourth-order valence-corrected chi connectivity index (χ4v) is 2.18. The summed E-state index contributed by atoms with van der Waals surface area (Å²) in [5.74, 6) is 0. The van der Waals surface area contributed by atoms with Crippen LogP contribution in [0.1, 0.15) is 30.2 Å². The van der Waals surface area contributed by atoms with Gasteiger partial charge in [0.25, 0.3) is 0 Å². The Bertz CT molecular complexity index is 542. The van der Waals surface area contributed by atoms with Crippen molar-refractivity contribution in [3.05, 3.63) is 41.3 Å². The van der Waals surface area contributed by atoms with Crippen molar-refractivity contribution in [2.24, 2.45) is 0 Å². The molecule has 0 radical (unpaired) electrons. The van der Waals surface area contributed by atoms with Gasteiger partial charge in [-0.25, -0.2) is 0 Å². The number of nitrogens with zero attached hydrogens (tertiary/aromatic N) is 2. The Morgan fingerprint density at radius 2 is 1.90 bits per heavy atom. The molecule has 4 nitrogen and oxygen atoms in total. The quantitative estimate of drug-likeness (QED) is 0.817. The summed E-state index contributed by atoms with van der Waals surface area (Å²) in [7, 11) is 1.98. The van der Waals surface area contributed by atoms with Crippen molar-refractivity contribution in [1.29, 1.82) is 0 Å². The first-order chi connectivity index (χ1) is 9.60. The van der Waals surface area contributed by atoms with Crippen molar-refractivity contribution in [3.8, 4) is 0 Å². The highest BCUT2D eigenvalue weighted by molar-refractivity contribution is 5.57. The standard InChI is InChI=1S/C16H23N3O/c1-5-6-17-10-14-11-20-16(18-14)19(4)15-8-12(2)7-13(3)9-15/h7-9,11,17H,5-6,10H2,1-4H3. The first-order valence-corrected chi connectivity index (χ1v) is 7.07. The summed E-state index contributed by atoms with van der Waals surface area (Å²) in [5.41, 5.74) is 4.51. The summed E-state index contributed by atoms with van der Waals surface area (Å²) >= 11 is 0. The maximum Gasteiger partial charge on any atom is 0.301 e. The zero-order chi connectivity index (χ0) is 14.5. The van der Waals surface area contributed by atoms with E-state index in [1.807, 2.05) is 11.9 Å². The minimum Gasteiger partial charge on any atom is -0.431 e. The summed E-state index contributed by atoms with van der Waals surface area (Å²) in [6, 6.07) is 7.05. The van der Waals surface area contributed by atoms with E-state index in [0.29, 0.717) is 6.01 Å². The molecule has 0 aliphatic heterocycles. The van der Waals surface area contributed by atoms with Crippen molar-refractivity contribution in [2.45, 2.75) is 33.7 Å². The number of hydrogen-bond donors (Lipinski definition) is 1. The van der Waals surface area contributed by atoms with Gasteiger partial charge in [-0.05, 0) is 50.1 Å². The van der Waals surface area contributed by atoms with Gasteiger partial charge in [-0.15, -0.1) is 0 Å². The summed E-state index contributed by atoms with van der Waals surface area (Å²) in [4.78, 5) is 6.49. The van der Waals surface area contributed by atoms with E-state index >= 15 is 0 Å². The number of anilines is 2. The molecule has 0 saturated carbocycles. The zero-order valence-corrected chi connectivity index (χ0v) is 12.7. The number of hydrogen-bond acceptors (Lipinski definition) is 4. The molecule has 0 aliphatic carbocycles. The molecule has 0 atom stereocenters. The Morgan fingerprint density at radius 1 is 1.20 bits per heavy atom. The van der Waals surface area contributed by atoms with Crippen LogP contribution in [-0.2, 0) is 6.54 Å². The minimum atomic E-state index is 0.628. The van der Waals surface area contributed by atoms with E-state index in [1.165, 1.54) is 11.1 Å². The first-order valence-electron chi connectivity index (χ1n) is 7.07. The van der Waals surface area contributed by atoms with Crippen LogP contribution in [-0.4, -0.2) is 18.6 Å². The van der Waals surface area contributed by atoms with Crippen LogP contribution in [0.25, 0.3) is 0 Å². The highest BCUT2D eigenvalue weighted by Gasteiger charge is 2.11. The number of oxazole rings is 1. The molecule has 0 aliphatic rings. The number of benzene rings is 1. The molecule has 1 heterocycles. The third kappa shape index (κ3) is 3.61. The molecule has 1 aromatic heterocycles. The second-order valence-corrected chi connectivity index (χ2v) is 5.20. The van der Waals surface area contributed by atoms with Crippen molar-refractivity contribution < 1.29 is 4.42 Å². The molecule has 0 fully saturated rings. The van der Waals surface area contributed by atoms with Crippen LogP contribution in [0.3, 0.4) is 0 Å². The minimum absolute atomic E-state index is 0.628. The van der Waals surface area contributed by atoms with Crippen LogP contribution < -0.4 is 10.2 Å². The van der Waals surface area contributed by atoms with Crippen LogP contribution in [0.2, 0.25) is 0 Å². The molecule has 0 spiro atoms. The summed E-state index contributed by atoms with van der Waals surface area (Å²) in [6.07, 6.45) is 2.84. The van der Waals surface area contributed by atoms with Crippen LogP contribution in [0.5, 0.6) is 0 Å². The van der Waals surface area contributed by atoms with Gasteiger partial charge in [0.2, 0.25) is 0 Å². The van der Waals surface area contributed by atoms with Crippen molar-refractivity contribution in [1.82, 2.24) is 10.3 Å². The van der Waals surface area contributed by atoms with E-state index in [4.69, 9.17) is 4.42 Å². The van der Waals surface area contributed by atoms with Crippen molar-refractivity contribution in [3.63, 3.8) is 0 Å². The van der Waals surface area contributed by atoms with Gasteiger partial charge in [-0.1, -0.05) is 13.0 Å². The predicted octanol–water partition coefficient (Wildman–Crippen LogP) is 3.56. The number of aryl methyl sites for hydroxylation is 2. The molecule has 0 amide bonds. The monoisotopic (exact) mass is 273 g/mol. The molecule has 1 N–H and O–H groups in total. The third-order valence-corrected chi connectivity index (χ3v) is 3.15. The molecule has 20 heavy (non-hydrogen) atoms. The zero-order valence-electron chi connectivity index (χ0n) is 12.7. The first kappa shape index (κ1) is 14.6. The Labute approximate surface area is 120 Å². The molecule has 4 heteroatoms. The van der Waals surface area contributed by atoms with Gasteiger partial charge in [0.05, 0.1) is 5.69 Å². The van der Waals surface area contributed by atoms with E-state index < -0.39 is 0 Å². The van der Waals surface area contributed by atoms with Crippen molar-refractivity contribution >= 4 is 11.7 Å². The largest absolute Gasteiger partial charge is 0.431 e. The Balaban J connectivity index is 2.10. The molecule has 0 unspecified atom stereocenters. The normalized spacial score (nSPS) is 10.8. The van der Waals surface area contributed by atoms with E-state index in [0.717, 1.165) is 30.9 Å². The lowest BCUT2D eigenvalue weighted by atomic mass is 10.1. The van der Waals surface area contributed by atoms with Crippen LogP contribution in [0.4, 0.5) is 11.7 Å². The topological polar surface area (TPSA) is 41.3 Å². The Hall–Kier alpha value is -1.81. The average molecular weight is 273 g/mol. The molecule has 108 valence electrons. The summed E-state index contributed by atoms with van der Waals surface area (Å²) in [6.45, 7) is 8.09. The van der Waals surface area contributed by atoms with Gasteiger partial charge in [0.1, 0.15) is 6.26 Å². The lowest BCUT2D eigenvalue weighted by Crippen LogP contribution is -2.14.